The number of benzene rings is 1. The summed E-state index contributed by atoms with van der Waals surface area (Å²) in [5, 5.41) is 14.6. The Balaban J connectivity index is 2.79. The van der Waals surface area contributed by atoms with E-state index in [0.717, 1.165) is 0 Å². The first-order valence-corrected chi connectivity index (χ1v) is 6.67. The average molecular weight is 315 g/mol. The first kappa shape index (κ1) is 17.1. The SMILES string of the molecule is COc1cc(NC(=O)NC(C(=O)O)C(C)(C)C)ccc1Cl. The molecule has 0 bridgehead atoms. The van der Waals surface area contributed by atoms with Gasteiger partial charge in [-0.05, 0) is 17.5 Å². The molecule has 0 fully saturated rings. The Hall–Kier alpha value is -1.95. The highest BCUT2D eigenvalue weighted by Crippen LogP contribution is 2.27. The molecule has 0 radical (unpaired) electrons. The van der Waals surface area contributed by atoms with E-state index in [2.05, 4.69) is 10.6 Å². The molecule has 1 aromatic rings. The summed E-state index contributed by atoms with van der Waals surface area (Å²) in [5.74, 6) is -0.675. The van der Waals surface area contributed by atoms with E-state index in [1.165, 1.54) is 7.11 Å². The molecule has 2 amide bonds. The minimum atomic E-state index is -1.09. The van der Waals surface area contributed by atoms with E-state index in [0.29, 0.717) is 16.5 Å². The molecule has 116 valence electrons. The van der Waals surface area contributed by atoms with Crippen molar-refractivity contribution < 1.29 is 19.4 Å². The van der Waals surface area contributed by atoms with Crippen molar-refractivity contribution >= 4 is 29.3 Å². The van der Waals surface area contributed by atoms with E-state index >= 15 is 0 Å². The highest BCUT2D eigenvalue weighted by atomic mass is 35.5. The van der Waals surface area contributed by atoms with Gasteiger partial charge in [0.25, 0.3) is 0 Å². The molecule has 0 aliphatic rings. The number of carboxylic acids is 1. The smallest absolute Gasteiger partial charge is 0.326 e. The van der Waals surface area contributed by atoms with Gasteiger partial charge in [0.1, 0.15) is 11.8 Å². The maximum atomic E-state index is 11.9. The lowest BCUT2D eigenvalue weighted by molar-refractivity contribution is -0.141. The molecule has 0 aliphatic heterocycles. The van der Waals surface area contributed by atoms with Crippen molar-refractivity contribution in [2.24, 2.45) is 5.41 Å². The number of urea groups is 1. The standard InChI is InChI=1S/C14H19ClN2O4/c1-14(2,3)11(12(18)19)17-13(20)16-8-5-6-9(15)10(7-8)21-4/h5-7,11H,1-4H3,(H,18,19)(H2,16,17,20). The van der Waals surface area contributed by atoms with Crippen LogP contribution in [0.2, 0.25) is 5.02 Å². The molecule has 3 N–H and O–H groups in total. The van der Waals surface area contributed by atoms with Crippen LogP contribution in [0.1, 0.15) is 20.8 Å². The number of aliphatic carboxylic acids is 1. The second kappa shape index (κ2) is 6.67. The number of carboxylic acid groups (broad SMARTS) is 1. The Morgan fingerprint density at radius 2 is 1.95 bits per heavy atom. The maximum Gasteiger partial charge on any atom is 0.326 e. The quantitative estimate of drug-likeness (QED) is 0.797. The fourth-order valence-corrected chi connectivity index (χ4v) is 1.88. The minimum Gasteiger partial charge on any atom is -0.495 e. The fourth-order valence-electron chi connectivity index (χ4n) is 1.68. The van der Waals surface area contributed by atoms with Crippen molar-refractivity contribution in [2.45, 2.75) is 26.8 Å². The Morgan fingerprint density at radius 1 is 1.33 bits per heavy atom. The average Bonchev–Trinajstić information content (AvgIpc) is 2.36. The van der Waals surface area contributed by atoms with E-state index in [4.69, 9.17) is 21.4 Å². The molecule has 7 heteroatoms. The second-order valence-corrected chi connectivity index (χ2v) is 5.99. The van der Waals surface area contributed by atoms with Crippen LogP contribution in [0.15, 0.2) is 18.2 Å². The number of amides is 2. The molecule has 0 heterocycles. The van der Waals surface area contributed by atoms with Gasteiger partial charge in [-0.3, -0.25) is 0 Å². The highest BCUT2D eigenvalue weighted by molar-refractivity contribution is 6.32. The van der Waals surface area contributed by atoms with E-state index in [1.807, 2.05) is 0 Å². The van der Waals surface area contributed by atoms with Crippen molar-refractivity contribution in [3.63, 3.8) is 0 Å². The van der Waals surface area contributed by atoms with E-state index in [-0.39, 0.29) is 0 Å². The monoisotopic (exact) mass is 314 g/mol. The number of carbonyl (C=O) groups excluding carboxylic acids is 1. The number of carbonyl (C=O) groups is 2. The number of ether oxygens (including phenoxy) is 1. The fraction of sp³-hybridized carbons (Fsp3) is 0.429. The topological polar surface area (TPSA) is 87.7 Å². The van der Waals surface area contributed by atoms with Crippen LogP contribution < -0.4 is 15.4 Å². The van der Waals surface area contributed by atoms with Gasteiger partial charge in [0.05, 0.1) is 12.1 Å². The highest BCUT2D eigenvalue weighted by Gasteiger charge is 2.32. The molecule has 0 saturated carbocycles. The van der Waals surface area contributed by atoms with E-state index in [9.17, 15) is 9.59 Å². The van der Waals surface area contributed by atoms with Crippen LogP contribution in [-0.4, -0.2) is 30.3 Å². The minimum absolute atomic E-state index is 0.417. The van der Waals surface area contributed by atoms with Crippen molar-refractivity contribution in [3.05, 3.63) is 23.2 Å². The first-order valence-electron chi connectivity index (χ1n) is 6.29. The predicted octanol–water partition coefficient (Wildman–Crippen LogP) is 2.97. The number of hydrogen-bond donors (Lipinski definition) is 3. The number of hydrogen-bond acceptors (Lipinski definition) is 3. The zero-order valence-electron chi connectivity index (χ0n) is 12.4. The number of nitrogens with one attached hydrogen (secondary N) is 2. The molecule has 1 unspecified atom stereocenters. The van der Waals surface area contributed by atoms with Crippen LogP contribution in [0.25, 0.3) is 0 Å². The molecule has 1 aromatic carbocycles. The van der Waals surface area contributed by atoms with Gasteiger partial charge in [0.15, 0.2) is 0 Å². The summed E-state index contributed by atoms with van der Waals surface area (Å²) in [4.78, 5) is 23.1. The third-order valence-electron chi connectivity index (χ3n) is 2.80. The Morgan fingerprint density at radius 3 is 2.43 bits per heavy atom. The third-order valence-corrected chi connectivity index (χ3v) is 3.11. The molecule has 0 saturated heterocycles. The lowest BCUT2D eigenvalue weighted by Gasteiger charge is -2.27. The number of methoxy groups -OCH3 is 1. The van der Waals surface area contributed by atoms with Crippen molar-refractivity contribution in [1.29, 1.82) is 0 Å². The summed E-state index contributed by atoms with van der Waals surface area (Å²) >= 11 is 5.89. The van der Waals surface area contributed by atoms with Crippen LogP contribution in [0, 0.1) is 5.41 Å². The van der Waals surface area contributed by atoms with Crippen LogP contribution in [0.3, 0.4) is 0 Å². The number of halogens is 1. The van der Waals surface area contributed by atoms with Gasteiger partial charge in [0, 0.05) is 11.8 Å². The van der Waals surface area contributed by atoms with Gasteiger partial charge in [-0.1, -0.05) is 32.4 Å². The van der Waals surface area contributed by atoms with Crippen LogP contribution in [-0.2, 0) is 4.79 Å². The lowest BCUT2D eigenvalue weighted by Crippen LogP contribution is -2.50. The summed E-state index contributed by atoms with van der Waals surface area (Å²) in [7, 11) is 1.46. The second-order valence-electron chi connectivity index (χ2n) is 5.59. The Bertz CT molecular complexity index is 540. The Kier molecular flexibility index (Phi) is 5.43. The summed E-state index contributed by atoms with van der Waals surface area (Å²) in [6, 6.07) is 3.11. The molecule has 0 aliphatic carbocycles. The molecule has 0 spiro atoms. The molecule has 21 heavy (non-hydrogen) atoms. The van der Waals surface area contributed by atoms with E-state index < -0.39 is 23.5 Å². The van der Waals surface area contributed by atoms with Gasteiger partial charge in [-0.15, -0.1) is 0 Å². The summed E-state index contributed by atoms with van der Waals surface area (Å²) < 4.78 is 5.04. The largest absolute Gasteiger partial charge is 0.495 e. The number of rotatable bonds is 4. The summed E-state index contributed by atoms with van der Waals surface area (Å²) in [6.07, 6.45) is 0. The van der Waals surface area contributed by atoms with Crippen LogP contribution in [0.4, 0.5) is 10.5 Å². The van der Waals surface area contributed by atoms with Crippen molar-refractivity contribution in [2.75, 3.05) is 12.4 Å². The van der Waals surface area contributed by atoms with Gasteiger partial charge in [-0.25, -0.2) is 9.59 Å². The van der Waals surface area contributed by atoms with Crippen molar-refractivity contribution in [1.82, 2.24) is 5.32 Å². The molecular weight excluding hydrogens is 296 g/mol. The molecule has 0 aromatic heterocycles. The van der Waals surface area contributed by atoms with Crippen LogP contribution in [0.5, 0.6) is 5.75 Å². The first-order chi connectivity index (χ1) is 9.65. The van der Waals surface area contributed by atoms with Crippen molar-refractivity contribution in [3.8, 4) is 5.75 Å². The third kappa shape index (κ3) is 4.82. The van der Waals surface area contributed by atoms with Gasteiger partial charge >= 0.3 is 12.0 Å². The lowest BCUT2D eigenvalue weighted by atomic mass is 9.87. The van der Waals surface area contributed by atoms with Gasteiger partial charge < -0.3 is 20.5 Å². The summed E-state index contributed by atoms with van der Waals surface area (Å²) in [6.45, 7) is 5.20. The van der Waals surface area contributed by atoms with Crippen LogP contribution >= 0.6 is 11.6 Å². The zero-order chi connectivity index (χ0) is 16.2. The molecular formula is C14H19ClN2O4. The maximum absolute atomic E-state index is 11.9. The molecule has 1 atom stereocenters. The molecule has 6 nitrogen and oxygen atoms in total. The van der Waals surface area contributed by atoms with E-state index in [1.54, 1.807) is 39.0 Å². The number of anilines is 1. The normalized spacial score (nSPS) is 12.4. The molecule has 1 rings (SSSR count). The summed E-state index contributed by atoms with van der Waals surface area (Å²) in [5.41, 5.74) is -0.160. The predicted molar refractivity (Wildman–Crippen MR) is 81.0 cm³/mol. The Labute approximate surface area is 128 Å². The van der Waals surface area contributed by atoms with Gasteiger partial charge in [-0.2, -0.15) is 0 Å². The van der Waals surface area contributed by atoms with Gasteiger partial charge in [0.2, 0.25) is 0 Å². The zero-order valence-corrected chi connectivity index (χ0v) is 13.1.